The first-order valence-electron chi connectivity index (χ1n) is 3.40. The maximum Gasteiger partial charge on any atom is 0.397 e. The molecule has 0 spiro atoms. The van der Waals surface area contributed by atoms with Crippen LogP contribution >= 0.6 is 0 Å². The summed E-state index contributed by atoms with van der Waals surface area (Å²) in [6.45, 7) is 0.341. The lowest BCUT2D eigenvalue weighted by Crippen LogP contribution is -2.40. The van der Waals surface area contributed by atoms with Gasteiger partial charge in [-0.2, -0.15) is 8.42 Å². The number of aliphatic hydroxyl groups is 1. The van der Waals surface area contributed by atoms with Crippen LogP contribution in [0.1, 0.15) is 6.42 Å². The largest absolute Gasteiger partial charge is 0.397 e. The average molecular weight is 198 g/mol. The third-order valence-electron chi connectivity index (χ3n) is 1.51. The highest BCUT2D eigenvalue weighted by Gasteiger charge is 2.28. The topological polar surface area (TPSA) is 93.1 Å². The highest BCUT2D eigenvalue weighted by atomic mass is 32.3. The Balaban J connectivity index is 2.50. The predicted molar refractivity (Wildman–Crippen MR) is 37.9 cm³/mol. The molecule has 0 saturated carbocycles. The van der Waals surface area contributed by atoms with Gasteiger partial charge in [0.25, 0.3) is 0 Å². The maximum atomic E-state index is 10.2. The van der Waals surface area contributed by atoms with E-state index in [1.165, 1.54) is 0 Å². The van der Waals surface area contributed by atoms with Crippen LogP contribution in [0.3, 0.4) is 0 Å². The van der Waals surface area contributed by atoms with Gasteiger partial charge >= 0.3 is 10.4 Å². The van der Waals surface area contributed by atoms with Crippen molar-refractivity contribution in [1.29, 1.82) is 0 Å². The monoisotopic (exact) mass is 198 g/mol. The standard InChI is InChI=1S/C5H10O6S/c6-4-1-2-10-3-5(4)11-12(7,8)9/h4-6H,1-3H2,(H,7,8,9)/t4-,5?/m1/s1. The van der Waals surface area contributed by atoms with Crippen molar-refractivity contribution in [1.82, 2.24) is 0 Å². The summed E-state index contributed by atoms with van der Waals surface area (Å²) >= 11 is 0. The number of aliphatic hydroxyl groups excluding tert-OH is 1. The Kier molecular flexibility index (Phi) is 3.02. The van der Waals surface area contributed by atoms with E-state index in [0.717, 1.165) is 0 Å². The van der Waals surface area contributed by atoms with Crippen LogP contribution in [-0.4, -0.2) is 43.5 Å². The SMILES string of the molecule is O=S(=O)(O)OC1COCC[C@H]1O. The molecular weight excluding hydrogens is 188 g/mol. The quantitative estimate of drug-likeness (QED) is 0.550. The molecule has 0 aromatic rings. The van der Waals surface area contributed by atoms with Crippen LogP contribution in [0.2, 0.25) is 0 Å². The van der Waals surface area contributed by atoms with Gasteiger partial charge in [-0.1, -0.05) is 0 Å². The van der Waals surface area contributed by atoms with Crippen LogP contribution < -0.4 is 0 Å². The van der Waals surface area contributed by atoms with E-state index >= 15 is 0 Å². The first-order chi connectivity index (χ1) is 5.49. The van der Waals surface area contributed by atoms with Crippen molar-refractivity contribution in [3.05, 3.63) is 0 Å². The van der Waals surface area contributed by atoms with Gasteiger partial charge in [-0.15, -0.1) is 0 Å². The lowest BCUT2D eigenvalue weighted by Gasteiger charge is -2.25. The van der Waals surface area contributed by atoms with Crippen LogP contribution in [0.25, 0.3) is 0 Å². The molecule has 6 nitrogen and oxygen atoms in total. The number of rotatable bonds is 2. The van der Waals surface area contributed by atoms with Crippen molar-refractivity contribution in [3.63, 3.8) is 0 Å². The maximum absolute atomic E-state index is 10.2. The van der Waals surface area contributed by atoms with Crippen LogP contribution in [-0.2, 0) is 19.3 Å². The molecule has 0 radical (unpaired) electrons. The number of hydrogen-bond donors (Lipinski definition) is 2. The third kappa shape index (κ3) is 3.03. The Morgan fingerprint density at radius 2 is 2.17 bits per heavy atom. The number of ether oxygens (including phenoxy) is 1. The fourth-order valence-electron chi connectivity index (χ4n) is 0.949. The zero-order valence-corrected chi connectivity index (χ0v) is 7.03. The molecule has 72 valence electrons. The first kappa shape index (κ1) is 9.87. The van der Waals surface area contributed by atoms with Crippen LogP contribution in [0.4, 0.5) is 0 Å². The predicted octanol–water partition coefficient (Wildman–Crippen LogP) is -1.04. The Morgan fingerprint density at radius 3 is 2.67 bits per heavy atom. The van der Waals surface area contributed by atoms with E-state index in [1.54, 1.807) is 0 Å². The Morgan fingerprint density at radius 1 is 1.50 bits per heavy atom. The smallest absolute Gasteiger partial charge is 0.390 e. The average Bonchev–Trinajstić information content (AvgIpc) is 1.91. The third-order valence-corrected chi connectivity index (χ3v) is 2.00. The van der Waals surface area contributed by atoms with Crippen LogP contribution in [0, 0.1) is 0 Å². The molecule has 12 heavy (non-hydrogen) atoms. The molecule has 1 aliphatic rings. The van der Waals surface area contributed by atoms with Crippen molar-refractivity contribution in [2.24, 2.45) is 0 Å². The molecule has 0 aromatic carbocycles. The second kappa shape index (κ2) is 3.67. The summed E-state index contributed by atoms with van der Waals surface area (Å²) in [6.07, 6.45) is -1.59. The molecule has 1 fully saturated rings. The molecule has 0 bridgehead atoms. The van der Waals surface area contributed by atoms with E-state index in [0.29, 0.717) is 13.0 Å². The Bertz CT molecular complexity index is 234. The second-order valence-corrected chi connectivity index (χ2v) is 3.54. The molecule has 7 heteroatoms. The zero-order valence-electron chi connectivity index (χ0n) is 6.21. The molecule has 2 N–H and O–H groups in total. The van der Waals surface area contributed by atoms with Crippen molar-refractivity contribution in [2.75, 3.05) is 13.2 Å². The van der Waals surface area contributed by atoms with Gasteiger partial charge in [-0.25, -0.2) is 4.18 Å². The van der Waals surface area contributed by atoms with Crippen LogP contribution in [0.5, 0.6) is 0 Å². The van der Waals surface area contributed by atoms with E-state index in [2.05, 4.69) is 4.18 Å². The Hall–Kier alpha value is -0.210. The molecule has 0 aromatic heterocycles. The van der Waals surface area contributed by atoms with E-state index in [1.807, 2.05) is 0 Å². The van der Waals surface area contributed by atoms with Gasteiger partial charge in [0.2, 0.25) is 0 Å². The van der Waals surface area contributed by atoms with Crippen molar-refractivity contribution in [2.45, 2.75) is 18.6 Å². The molecule has 1 aliphatic heterocycles. The highest BCUT2D eigenvalue weighted by Crippen LogP contribution is 2.12. The van der Waals surface area contributed by atoms with Gasteiger partial charge in [0.1, 0.15) is 6.10 Å². The molecule has 2 atom stereocenters. The van der Waals surface area contributed by atoms with Gasteiger partial charge in [-0.05, 0) is 6.42 Å². The zero-order chi connectivity index (χ0) is 9.19. The van der Waals surface area contributed by atoms with Gasteiger partial charge in [-0.3, -0.25) is 4.55 Å². The number of hydrogen-bond acceptors (Lipinski definition) is 5. The summed E-state index contributed by atoms with van der Waals surface area (Å²) in [7, 11) is -4.50. The summed E-state index contributed by atoms with van der Waals surface area (Å²) in [5.41, 5.74) is 0. The van der Waals surface area contributed by atoms with Crippen LogP contribution in [0.15, 0.2) is 0 Å². The summed E-state index contributed by atoms with van der Waals surface area (Å²) in [5.74, 6) is 0. The molecule has 1 saturated heterocycles. The van der Waals surface area contributed by atoms with Gasteiger partial charge in [0.05, 0.1) is 12.7 Å². The second-order valence-electron chi connectivity index (χ2n) is 2.49. The molecule has 1 heterocycles. The molecule has 1 unspecified atom stereocenters. The summed E-state index contributed by atoms with van der Waals surface area (Å²) in [6, 6.07) is 0. The minimum atomic E-state index is -4.50. The fourth-order valence-corrected chi connectivity index (χ4v) is 1.44. The summed E-state index contributed by atoms with van der Waals surface area (Å²) < 4.78 is 37.7. The van der Waals surface area contributed by atoms with E-state index in [4.69, 9.17) is 14.4 Å². The summed E-state index contributed by atoms with van der Waals surface area (Å²) in [5, 5.41) is 9.15. The van der Waals surface area contributed by atoms with E-state index < -0.39 is 22.6 Å². The minimum absolute atomic E-state index is 0.0268. The summed E-state index contributed by atoms with van der Waals surface area (Å²) in [4.78, 5) is 0. The van der Waals surface area contributed by atoms with E-state index in [-0.39, 0.29) is 6.61 Å². The lowest BCUT2D eigenvalue weighted by molar-refractivity contribution is -0.0745. The molecule has 1 rings (SSSR count). The van der Waals surface area contributed by atoms with Gasteiger partial charge in [0.15, 0.2) is 0 Å². The normalized spacial score (nSPS) is 31.8. The van der Waals surface area contributed by atoms with Crippen molar-refractivity contribution in [3.8, 4) is 0 Å². The molecule has 0 aliphatic carbocycles. The van der Waals surface area contributed by atoms with Crippen molar-refractivity contribution < 1.29 is 27.0 Å². The molecule has 0 amide bonds. The van der Waals surface area contributed by atoms with E-state index in [9.17, 15) is 8.42 Å². The lowest BCUT2D eigenvalue weighted by atomic mass is 10.1. The first-order valence-corrected chi connectivity index (χ1v) is 4.77. The molecular formula is C5H10O6S. The highest BCUT2D eigenvalue weighted by molar-refractivity contribution is 7.80. The van der Waals surface area contributed by atoms with Crippen molar-refractivity contribution >= 4 is 10.4 Å². The van der Waals surface area contributed by atoms with Gasteiger partial charge < -0.3 is 9.84 Å². The minimum Gasteiger partial charge on any atom is -0.390 e. The Labute approximate surface area is 70.1 Å². The fraction of sp³-hybridized carbons (Fsp3) is 1.00. The van der Waals surface area contributed by atoms with Gasteiger partial charge in [0, 0.05) is 6.61 Å².